The molecule has 0 saturated carbocycles. The van der Waals surface area contributed by atoms with Crippen LogP contribution in [0.1, 0.15) is 22.8 Å². The molecule has 0 saturated heterocycles. The third kappa shape index (κ3) is 4.24. The molecule has 0 bridgehead atoms. The van der Waals surface area contributed by atoms with Crippen LogP contribution in [0.5, 0.6) is 11.5 Å². The van der Waals surface area contributed by atoms with Crippen LogP contribution in [0.15, 0.2) is 48.5 Å². The van der Waals surface area contributed by atoms with Crippen LogP contribution in [-0.2, 0) is 16.0 Å². The summed E-state index contributed by atoms with van der Waals surface area (Å²) in [5.41, 5.74) is 3.30. The predicted octanol–water partition coefficient (Wildman–Crippen LogP) is 3.15. The fraction of sp³-hybridized carbons (Fsp3) is 0.286. The van der Waals surface area contributed by atoms with Gasteiger partial charge in [0.05, 0.1) is 20.8 Å². The summed E-state index contributed by atoms with van der Waals surface area (Å²) < 4.78 is 16.3. The molecular formula is C21H23NO4. The van der Waals surface area contributed by atoms with Crippen LogP contribution in [0.2, 0.25) is 0 Å². The summed E-state index contributed by atoms with van der Waals surface area (Å²) >= 11 is 0. The highest BCUT2D eigenvalue weighted by Gasteiger charge is 2.20. The molecule has 0 aromatic heterocycles. The quantitative estimate of drug-likeness (QED) is 0.811. The summed E-state index contributed by atoms with van der Waals surface area (Å²) in [6.45, 7) is 1.13. The van der Waals surface area contributed by atoms with Gasteiger partial charge in [0.15, 0.2) is 11.5 Å². The standard InChI is InChI=1S/C21H23NO4/c1-24-18-9-7-15(13-19(18)25-2)8-10-21(23)22-14-20-17-6-4-3-5-16(17)11-12-26-20/h3-10,13,20H,11-12,14H2,1-2H3,(H,22,23)/b10-8-/t20-/m0/s1. The van der Waals surface area contributed by atoms with Gasteiger partial charge in [-0.05, 0) is 41.3 Å². The van der Waals surface area contributed by atoms with Gasteiger partial charge in [-0.3, -0.25) is 4.79 Å². The van der Waals surface area contributed by atoms with E-state index in [-0.39, 0.29) is 12.0 Å². The molecule has 2 aromatic rings. The minimum Gasteiger partial charge on any atom is -0.493 e. The highest BCUT2D eigenvalue weighted by molar-refractivity contribution is 5.91. The van der Waals surface area contributed by atoms with Crippen LogP contribution >= 0.6 is 0 Å². The fourth-order valence-corrected chi connectivity index (χ4v) is 3.03. The van der Waals surface area contributed by atoms with Crippen molar-refractivity contribution in [3.63, 3.8) is 0 Å². The van der Waals surface area contributed by atoms with Gasteiger partial charge in [0.1, 0.15) is 6.10 Å². The maximum atomic E-state index is 12.1. The third-order valence-corrected chi connectivity index (χ3v) is 4.39. The van der Waals surface area contributed by atoms with Crippen molar-refractivity contribution in [2.24, 2.45) is 0 Å². The lowest BCUT2D eigenvalue weighted by molar-refractivity contribution is -0.117. The second-order valence-corrected chi connectivity index (χ2v) is 6.00. The van der Waals surface area contributed by atoms with Gasteiger partial charge >= 0.3 is 0 Å². The first kappa shape index (κ1) is 18.0. The number of ether oxygens (including phenoxy) is 3. The van der Waals surface area contributed by atoms with E-state index in [1.807, 2.05) is 30.3 Å². The lowest BCUT2D eigenvalue weighted by Gasteiger charge is -2.26. The van der Waals surface area contributed by atoms with Crippen molar-refractivity contribution < 1.29 is 19.0 Å². The van der Waals surface area contributed by atoms with Gasteiger partial charge in [0.25, 0.3) is 0 Å². The van der Waals surface area contributed by atoms with Gasteiger partial charge < -0.3 is 19.5 Å². The fourth-order valence-electron chi connectivity index (χ4n) is 3.03. The second kappa shape index (κ2) is 8.54. The molecule has 5 heteroatoms. The molecule has 1 N–H and O–H groups in total. The lowest BCUT2D eigenvalue weighted by atomic mass is 9.97. The highest BCUT2D eigenvalue weighted by atomic mass is 16.5. The van der Waals surface area contributed by atoms with E-state index in [1.54, 1.807) is 20.3 Å². The summed E-state index contributed by atoms with van der Waals surface area (Å²) in [4.78, 5) is 12.1. The van der Waals surface area contributed by atoms with Crippen molar-refractivity contribution in [2.45, 2.75) is 12.5 Å². The number of fused-ring (bicyclic) bond motifs is 1. The van der Waals surface area contributed by atoms with Crippen molar-refractivity contribution >= 4 is 12.0 Å². The van der Waals surface area contributed by atoms with Crippen LogP contribution in [0, 0.1) is 0 Å². The molecule has 0 unspecified atom stereocenters. The first-order valence-electron chi connectivity index (χ1n) is 8.58. The van der Waals surface area contributed by atoms with E-state index < -0.39 is 0 Å². The minimum absolute atomic E-state index is 0.0987. The van der Waals surface area contributed by atoms with Crippen molar-refractivity contribution in [3.05, 3.63) is 65.2 Å². The van der Waals surface area contributed by atoms with E-state index in [4.69, 9.17) is 14.2 Å². The van der Waals surface area contributed by atoms with E-state index in [0.717, 1.165) is 17.5 Å². The summed E-state index contributed by atoms with van der Waals surface area (Å²) in [6.07, 6.45) is 4.07. The molecule has 0 aliphatic carbocycles. The van der Waals surface area contributed by atoms with Crippen molar-refractivity contribution in [2.75, 3.05) is 27.4 Å². The minimum atomic E-state index is -0.161. The normalized spacial score (nSPS) is 16.2. The van der Waals surface area contributed by atoms with Crippen molar-refractivity contribution in [3.8, 4) is 11.5 Å². The third-order valence-electron chi connectivity index (χ3n) is 4.39. The zero-order chi connectivity index (χ0) is 18.4. The summed E-state index contributed by atoms with van der Waals surface area (Å²) in [5, 5.41) is 2.91. The average Bonchev–Trinajstić information content (AvgIpc) is 2.70. The molecule has 136 valence electrons. The number of amides is 1. The zero-order valence-electron chi connectivity index (χ0n) is 15.0. The summed E-state index contributed by atoms with van der Waals surface area (Å²) in [5.74, 6) is 1.12. The van der Waals surface area contributed by atoms with Crippen LogP contribution in [0.4, 0.5) is 0 Å². The topological polar surface area (TPSA) is 56.8 Å². The molecule has 1 aliphatic rings. The molecule has 0 fully saturated rings. The highest BCUT2D eigenvalue weighted by Crippen LogP contribution is 2.28. The Bertz CT molecular complexity index is 800. The number of hydrogen-bond donors (Lipinski definition) is 1. The maximum absolute atomic E-state index is 12.1. The molecule has 0 radical (unpaired) electrons. The average molecular weight is 353 g/mol. The number of rotatable bonds is 6. The number of hydrogen-bond acceptors (Lipinski definition) is 4. The Kier molecular flexibility index (Phi) is 5.92. The number of methoxy groups -OCH3 is 2. The molecule has 5 nitrogen and oxygen atoms in total. The molecule has 1 heterocycles. The molecule has 3 rings (SSSR count). The Morgan fingerprint density at radius 2 is 2.00 bits per heavy atom. The Morgan fingerprint density at radius 1 is 1.19 bits per heavy atom. The maximum Gasteiger partial charge on any atom is 0.244 e. The number of benzene rings is 2. The second-order valence-electron chi connectivity index (χ2n) is 6.00. The van der Waals surface area contributed by atoms with Crippen LogP contribution < -0.4 is 14.8 Å². The number of carbonyl (C=O) groups excluding carboxylic acids is 1. The molecule has 2 aromatic carbocycles. The molecule has 1 amide bonds. The first-order valence-corrected chi connectivity index (χ1v) is 8.58. The van der Waals surface area contributed by atoms with Gasteiger partial charge in [0.2, 0.25) is 5.91 Å². The SMILES string of the molecule is COc1ccc(/C=C\C(=O)NC[C@@H]2OCCc3ccccc32)cc1OC. The molecule has 26 heavy (non-hydrogen) atoms. The van der Waals surface area contributed by atoms with Gasteiger partial charge in [-0.15, -0.1) is 0 Å². The Hall–Kier alpha value is -2.79. The largest absolute Gasteiger partial charge is 0.493 e. The van der Waals surface area contributed by atoms with E-state index in [0.29, 0.717) is 24.7 Å². The Balaban J connectivity index is 1.59. The van der Waals surface area contributed by atoms with Crippen LogP contribution in [0.25, 0.3) is 6.08 Å². The lowest BCUT2D eigenvalue weighted by Crippen LogP contribution is -2.30. The van der Waals surface area contributed by atoms with Gasteiger partial charge in [-0.2, -0.15) is 0 Å². The molecule has 0 spiro atoms. The zero-order valence-corrected chi connectivity index (χ0v) is 15.0. The van der Waals surface area contributed by atoms with Crippen LogP contribution in [0.3, 0.4) is 0 Å². The van der Waals surface area contributed by atoms with Gasteiger partial charge in [0, 0.05) is 12.6 Å². The van der Waals surface area contributed by atoms with Gasteiger partial charge in [-0.1, -0.05) is 30.3 Å². The smallest absolute Gasteiger partial charge is 0.244 e. The molecule has 1 aliphatic heterocycles. The van der Waals surface area contributed by atoms with Crippen LogP contribution in [-0.4, -0.2) is 33.3 Å². The molecular weight excluding hydrogens is 330 g/mol. The van der Waals surface area contributed by atoms with E-state index >= 15 is 0 Å². The Labute approximate surface area is 153 Å². The van der Waals surface area contributed by atoms with E-state index in [9.17, 15) is 4.79 Å². The van der Waals surface area contributed by atoms with E-state index in [2.05, 4.69) is 17.4 Å². The van der Waals surface area contributed by atoms with E-state index in [1.165, 1.54) is 11.6 Å². The monoisotopic (exact) mass is 353 g/mol. The number of nitrogens with one attached hydrogen (secondary N) is 1. The predicted molar refractivity (Wildman–Crippen MR) is 100 cm³/mol. The van der Waals surface area contributed by atoms with Crippen molar-refractivity contribution in [1.29, 1.82) is 0 Å². The summed E-state index contributed by atoms with van der Waals surface area (Å²) in [6, 6.07) is 13.7. The Morgan fingerprint density at radius 3 is 2.81 bits per heavy atom. The number of carbonyl (C=O) groups is 1. The molecule has 1 atom stereocenters. The van der Waals surface area contributed by atoms with Crippen molar-refractivity contribution in [1.82, 2.24) is 5.32 Å². The van der Waals surface area contributed by atoms with Gasteiger partial charge in [-0.25, -0.2) is 0 Å². The first-order chi connectivity index (χ1) is 12.7. The summed E-state index contributed by atoms with van der Waals surface area (Å²) in [7, 11) is 3.17.